The second-order valence-corrected chi connectivity index (χ2v) is 5.68. The molecule has 0 aliphatic rings. The third-order valence-electron chi connectivity index (χ3n) is 3.11. The molecule has 0 saturated carbocycles. The molecule has 126 valence electrons. The van der Waals surface area contributed by atoms with Crippen LogP contribution < -0.4 is 10.1 Å². The van der Waals surface area contributed by atoms with Gasteiger partial charge in [-0.15, -0.1) is 0 Å². The van der Waals surface area contributed by atoms with Crippen LogP contribution in [0.3, 0.4) is 0 Å². The van der Waals surface area contributed by atoms with Gasteiger partial charge in [0.25, 0.3) is 5.91 Å². The third-order valence-corrected chi connectivity index (χ3v) is 3.77. The van der Waals surface area contributed by atoms with Gasteiger partial charge in [0.1, 0.15) is 11.6 Å². The normalized spacial score (nSPS) is 10.1. The Labute approximate surface area is 146 Å². The minimum atomic E-state index is -0.710. The van der Waals surface area contributed by atoms with E-state index in [0.717, 1.165) is 17.7 Å². The first-order valence-electron chi connectivity index (χ1n) is 7.01. The van der Waals surface area contributed by atoms with E-state index in [-0.39, 0.29) is 16.6 Å². The molecular formula is C17H15BrFNO4. The van der Waals surface area contributed by atoms with Crippen molar-refractivity contribution in [3.63, 3.8) is 0 Å². The first-order chi connectivity index (χ1) is 11.5. The van der Waals surface area contributed by atoms with Crippen LogP contribution in [0.1, 0.15) is 15.9 Å². The summed E-state index contributed by atoms with van der Waals surface area (Å²) in [5.74, 6) is -0.938. The van der Waals surface area contributed by atoms with E-state index >= 15 is 0 Å². The Kier molecular flexibility index (Phi) is 6.31. The average molecular weight is 396 g/mol. The van der Waals surface area contributed by atoms with E-state index in [1.165, 1.54) is 6.07 Å². The Morgan fingerprint density at radius 3 is 2.71 bits per heavy atom. The van der Waals surface area contributed by atoms with Crippen molar-refractivity contribution >= 4 is 27.8 Å². The molecule has 1 amide bonds. The van der Waals surface area contributed by atoms with Crippen LogP contribution >= 0.6 is 15.9 Å². The summed E-state index contributed by atoms with van der Waals surface area (Å²) in [6.45, 7) is -0.138. The van der Waals surface area contributed by atoms with Crippen LogP contribution in [0.4, 0.5) is 4.39 Å². The van der Waals surface area contributed by atoms with Gasteiger partial charge in [0, 0.05) is 11.0 Å². The van der Waals surface area contributed by atoms with E-state index in [1.807, 2.05) is 12.1 Å². The number of nitrogens with one attached hydrogen (secondary N) is 1. The van der Waals surface area contributed by atoms with Gasteiger partial charge in [-0.25, -0.2) is 9.18 Å². The lowest BCUT2D eigenvalue weighted by atomic mass is 10.2. The molecule has 0 bridgehead atoms. The fourth-order valence-electron chi connectivity index (χ4n) is 1.90. The summed E-state index contributed by atoms with van der Waals surface area (Å²) in [6, 6.07) is 10.8. The molecule has 2 aromatic rings. The highest BCUT2D eigenvalue weighted by Gasteiger charge is 2.14. The molecule has 0 unspecified atom stereocenters. The highest BCUT2D eigenvalue weighted by Crippen LogP contribution is 2.18. The third kappa shape index (κ3) is 5.06. The van der Waals surface area contributed by atoms with Crippen LogP contribution in [0.5, 0.6) is 5.75 Å². The van der Waals surface area contributed by atoms with Crippen LogP contribution in [0.15, 0.2) is 46.9 Å². The highest BCUT2D eigenvalue weighted by atomic mass is 79.9. The molecule has 0 aromatic heterocycles. The van der Waals surface area contributed by atoms with E-state index in [9.17, 15) is 14.0 Å². The molecule has 0 aliphatic heterocycles. The molecular weight excluding hydrogens is 381 g/mol. The molecule has 2 aromatic carbocycles. The van der Waals surface area contributed by atoms with Gasteiger partial charge in [-0.1, -0.05) is 12.1 Å². The zero-order chi connectivity index (χ0) is 17.5. The highest BCUT2D eigenvalue weighted by molar-refractivity contribution is 9.10. The van der Waals surface area contributed by atoms with Gasteiger partial charge in [0.2, 0.25) is 0 Å². The monoisotopic (exact) mass is 395 g/mol. The summed E-state index contributed by atoms with van der Waals surface area (Å²) in [5.41, 5.74) is 1.01. The predicted octanol–water partition coefficient (Wildman–Crippen LogP) is 3.07. The molecule has 24 heavy (non-hydrogen) atoms. The van der Waals surface area contributed by atoms with Gasteiger partial charge in [0.15, 0.2) is 6.61 Å². The first kappa shape index (κ1) is 17.9. The maximum absolute atomic E-state index is 13.0. The SMILES string of the molecule is COc1cccc(CNC(=O)COC(=O)c2ccc(F)cc2Br)c1. The summed E-state index contributed by atoms with van der Waals surface area (Å²) in [7, 11) is 1.56. The Morgan fingerprint density at radius 2 is 2.00 bits per heavy atom. The smallest absolute Gasteiger partial charge is 0.339 e. The van der Waals surface area contributed by atoms with Crippen molar-refractivity contribution in [1.29, 1.82) is 0 Å². The Bertz CT molecular complexity index is 751. The number of carbonyl (C=O) groups is 2. The van der Waals surface area contributed by atoms with Crippen molar-refractivity contribution in [2.45, 2.75) is 6.54 Å². The fraction of sp³-hybridized carbons (Fsp3) is 0.176. The number of methoxy groups -OCH3 is 1. The van der Waals surface area contributed by atoms with E-state index in [2.05, 4.69) is 21.2 Å². The number of ether oxygens (including phenoxy) is 2. The first-order valence-corrected chi connectivity index (χ1v) is 7.80. The number of halogens is 2. The summed E-state index contributed by atoms with van der Waals surface area (Å²) in [4.78, 5) is 23.6. The van der Waals surface area contributed by atoms with Crippen molar-refractivity contribution in [1.82, 2.24) is 5.32 Å². The fourth-order valence-corrected chi connectivity index (χ4v) is 2.41. The molecule has 0 atom stereocenters. The minimum absolute atomic E-state index is 0.150. The summed E-state index contributed by atoms with van der Waals surface area (Å²) < 4.78 is 23.3. The maximum Gasteiger partial charge on any atom is 0.339 e. The number of carbonyl (C=O) groups excluding carboxylic acids is 2. The second-order valence-electron chi connectivity index (χ2n) is 4.83. The van der Waals surface area contributed by atoms with Crippen LogP contribution in [-0.4, -0.2) is 25.6 Å². The Hall–Kier alpha value is -2.41. The Balaban J connectivity index is 1.83. The molecule has 1 N–H and O–H groups in total. The molecule has 0 spiro atoms. The molecule has 0 fully saturated rings. The zero-order valence-electron chi connectivity index (χ0n) is 12.8. The van der Waals surface area contributed by atoms with Crippen molar-refractivity contribution in [3.8, 4) is 5.75 Å². The second kappa shape index (κ2) is 8.44. The largest absolute Gasteiger partial charge is 0.497 e. The van der Waals surface area contributed by atoms with Crippen molar-refractivity contribution < 1.29 is 23.5 Å². The molecule has 0 heterocycles. The van der Waals surface area contributed by atoms with Gasteiger partial charge in [-0.2, -0.15) is 0 Å². The van der Waals surface area contributed by atoms with Crippen LogP contribution in [0, 0.1) is 5.82 Å². The molecule has 5 nitrogen and oxygen atoms in total. The van der Waals surface area contributed by atoms with Crippen LogP contribution in [-0.2, 0) is 16.1 Å². The number of hydrogen-bond donors (Lipinski definition) is 1. The van der Waals surface area contributed by atoms with Gasteiger partial charge < -0.3 is 14.8 Å². The van der Waals surface area contributed by atoms with E-state index in [1.54, 1.807) is 19.2 Å². The van der Waals surface area contributed by atoms with Gasteiger partial charge in [-0.3, -0.25) is 4.79 Å². The lowest BCUT2D eigenvalue weighted by Crippen LogP contribution is -2.28. The summed E-state index contributed by atoms with van der Waals surface area (Å²) >= 11 is 3.08. The predicted molar refractivity (Wildman–Crippen MR) is 89.2 cm³/mol. The Morgan fingerprint density at radius 1 is 1.21 bits per heavy atom. The number of amides is 1. The van der Waals surface area contributed by atoms with Gasteiger partial charge in [-0.05, 0) is 51.8 Å². The quantitative estimate of drug-likeness (QED) is 0.763. The molecule has 7 heteroatoms. The van der Waals surface area contributed by atoms with Gasteiger partial charge >= 0.3 is 5.97 Å². The van der Waals surface area contributed by atoms with Crippen LogP contribution in [0.2, 0.25) is 0 Å². The minimum Gasteiger partial charge on any atom is -0.497 e. The van der Waals surface area contributed by atoms with Crippen LogP contribution in [0.25, 0.3) is 0 Å². The zero-order valence-corrected chi connectivity index (χ0v) is 14.4. The van der Waals surface area contributed by atoms with Gasteiger partial charge in [0.05, 0.1) is 12.7 Å². The number of rotatable bonds is 6. The van der Waals surface area contributed by atoms with E-state index < -0.39 is 24.3 Å². The molecule has 0 radical (unpaired) electrons. The summed E-state index contributed by atoms with van der Waals surface area (Å²) in [6.07, 6.45) is 0. The molecule has 0 saturated heterocycles. The van der Waals surface area contributed by atoms with E-state index in [0.29, 0.717) is 5.75 Å². The lowest BCUT2D eigenvalue weighted by Gasteiger charge is -2.08. The standard InChI is InChI=1S/C17H15BrFNO4/c1-23-13-4-2-3-11(7-13)9-20-16(21)10-24-17(22)14-6-5-12(19)8-15(14)18/h2-8H,9-10H2,1H3,(H,20,21). The van der Waals surface area contributed by atoms with E-state index in [4.69, 9.17) is 9.47 Å². The molecule has 2 rings (SSSR count). The maximum atomic E-state index is 13.0. The summed E-state index contributed by atoms with van der Waals surface area (Å²) in [5, 5.41) is 2.64. The average Bonchev–Trinajstić information content (AvgIpc) is 2.58. The van der Waals surface area contributed by atoms with Crippen molar-refractivity contribution in [2.75, 3.05) is 13.7 Å². The number of esters is 1. The number of hydrogen-bond acceptors (Lipinski definition) is 4. The number of benzene rings is 2. The lowest BCUT2D eigenvalue weighted by molar-refractivity contribution is -0.124. The van der Waals surface area contributed by atoms with Crippen molar-refractivity contribution in [2.24, 2.45) is 0 Å². The molecule has 0 aliphatic carbocycles. The topological polar surface area (TPSA) is 64.6 Å². The van der Waals surface area contributed by atoms with Crippen molar-refractivity contribution in [3.05, 3.63) is 63.9 Å².